The maximum absolute atomic E-state index is 11.6. The van der Waals surface area contributed by atoms with Gasteiger partial charge in [0.15, 0.2) is 5.43 Å². The first-order valence-corrected chi connectivity index (χ1v) is 6.09. The SMILES string of the molecule is Cc1cc(=O)c(C(=O)O)cn1CCn1ccccc1=O. The molecule has 2 aromatic rings. The number of aryl methyl sites for hydroxylation is 3. The second-order valence-electron chi connectivity index (χ2n) is 4.42. The van der Waals surface area contributed by atoms with E-state index in [-0.39, 0.29) is 11.1 Å². The van der Waals surface area contributed by atoms with E-state index in [1.807, 2.05) is 0 Å². The maximum atomic E-state index is 11.6. The highest BCUT2D eigenvalue weighted by atomic mass is 16.4. The number of hydrogen-bond acceptors (Lipinski definition) is 3. The van der Waals surface area contributed by atoms with Crippen LogP contribution in [0, 0.1) is 6.92 Å². The Hall–Kier alpha value is -2.63. The first kappa shape index (κ1) is 13.8. The number of carboxylic acids is 1. The van der Waals surface area contributed by atoms with Crippen molar-refractivity contribution in [2.24, 2.45) is 0 Å². The van der Waals surface area contributed by atoms with Gasteiger partial charge in [-0.05, 0) is 13.0 Å². The van der Waals surface area contributed by atoms with Crippen molar-refractivity contribution in [1.82, 2.24) is 9.13 Å². The van der Waals surface area contributed by atoms with Crippen LogP contribution in [0.1, 0.15) is 16.1 Å². The van der Waals surface area contributed by atoms with Crippen LogP contribution in [-0.2, 0) is 13.1 Å². The first-order chi connectivity index (χ1) is 9.49. The smallest absolute Gasteiger partial charge is 0.341 e. The van der Waals surface area contributed by atoms with Crippen LogP contribution in [-0.4, -0.2) is 20.2 Å². The fraction of sp³-hybridized carbons (Fsp3) is 0.214. The average Bonchev–Trinajstić information content (AvgIpc) is 2.39. The van der Waals surface area contributed by atoms with Crippen LogP contribution in [0.4, 0.5) is 0 Å². The molecule has 2 rings (SSSR count). The number of nitrogens with zero attached hydrogens (tertiary/aromatic N) is 2. The van der Waals surface area contributed by atoms with E-state index in [9.17, 15) is 14.4 Å². The van der Waals surface area contributed by atoms with Crippen molar-refractivity contribution in [2.45, 2.75) is 20.0 Å². The molecule has 0 unspecified atom stereocenters. The highest BCUT2D eigenvalue weighted by molar-refractivity contribution is 5.87. The third-order valence-corrected chi connectivity index (χ3v) is 3.05. The molecule has 0 aromatic carbocycles. The number of pyridine rings is 2. The quantitative estimate of drug-likeness (QED) is 0.890. The van der Waals surface area contributed by atoms with Crippen molar-refractivity contribution in [3.05, 3.63) is 68.5 Å². The Morgan fingerprint density at radius 3 is 2.55 bits per heavy atom. The molecule has 6 heteroatoms. The summed E-state index contributed by atoms with van der Waals surface area (Å²) in [5, 5.41) is 8.94. The van der Waals surface area contributed by atoms with E-state index in [4.69, 9.17) is 5.11 Å². The van der Waals surface area contributed by atoms with E-state index in [1.54, 1.807) is 29.8 Å². The number of rotatable bonds is 4. The number of carboxylic acid groups (broad SMARTS) is 1. The third kappa shape index (κ3) is 2.85. The molecule has 0 bridgehead atoms. The lowest BCUT2D eigenvalue weighted by atomic mass is 10.2. The molecule has 0 radical (unpaired) electrons. The first-order valence-electron chi connectivity index (χ1n) is 6.09. The zero-order valence-corrected chi connectivity index (χ0v) is 10.9. The Morgan fingerprint density at radius 1 is 1.20 bits per heavy atom. The second-order valence-corrected chi connectivity index (χ2v) is 4.42. The number of aromatic carboxylic acids is 1. The van der Waals surface area contributed by atoms with E-state index < -0.39 is 11.4 Å². The molecule has 0 atom stereocenters. The number of carbonyl (C=O) groups is 1. The lowest BCUT2D eigenvalue weighted by Crippen LogP contribution is -2.23. The molecule has 0 saturated heterocycles. The highest BCUT2D eigenvalue weighted by Gasteiger charge is 2.10. The molecule has 0 spiro atoms. The highest BCUT2D eigenvalue weighted by Crippen LogP contribution is 2.00. The molecule has 1 N–H and O–H groups in total. The van der Waals surface area contributed by atoms with Crippen LogP contribution >= 0.6 is 0 Å². The Labute approximate surface area is 114 Å². The second kappa shape index (κ2) is 5.56. The fourth-order valence-corrected chi connectivity index (χ4v) is 1.93. The van der Waals surface area contributed by atoms with Crippen LogP contribution in [0.25, 0.3) is 0 Å². The standard InChI is InChI=1S/C14H14N2O4/c1-10-8-12(17)11(14(19)20)9-16(10)7-6-15-5-3-2-4-13(15)18/h2-5,8-9H,6-7H2,1H3,(H,19,20). The molecule has 20 heavy (non-hydrogen) atoms. The van der Waals surface area contributed by atoms with Gasteiger partial charge in [-0.3, -0.25) is 9.59 Å². The molecule has 6 nitrogen and oxygen atoms in total. The largest absolute Gasteiger partial charge is 0.477 e. The van der Waals surface area contributed by atoms with Crippen molar-refractivity contribution >= 4 is 5.97 Å². The van der Waals surface area contributed by atoms with E-state index >= 15 is 0 Å². The summed E-state index contributed by atoms with van der Waals surface area (Å²) in [4.78, 5) is 34.0. The van der Waals surface area contributed by atoms with Crippen molar-refractivity contribution in [1.29, 1.82) is 0 Å². The van der Waals surface area contributed by atoms with Crippen molar-refractivity contribution in [3.63, 3.8) is 0 Å². The van der Waals surface area contributed by atoms with E-state index in [1.165, 1.54) is 22.9 Å². The predicted octanol–water partition coefficient (Wildman–Crippen LogP) is 0.717. The Kier molecular flexibility index (Phi) is 3.84. The summed E-state index contributed by atoms with van der Waals surface area (Å²) in [7, 11) is 0. The fourth-order valence-electron chi connectivity index (χ4n) is 1.93. The van der Waals surface area contributed by atoms with Gasteiger partial charge in [-0.25, -0.2) is 4.79 Å². The minimum absolute atomic E-state index is 0.121. The molecule has 0 fully saturated rings. The van der Waals surface area contributed by atoms with Gasteiger partial charge in [-0.1, -0.05) is 6.07 Å². The van der Waals surface area contributed by atoms with Gasteiger partial charge in [0.05, 0.1) is 0 Å². The Bertz CT molecular complexity index is 758. The van der Waals surface area contributed by atoms with E-state index in [2.05, 4.69) is 0 Å². The molecule has 0 amide bonds. The van der Waals surface area contributed by atoms with Crippen LogP contribution in [0.15, 0.2) is 46.2 Å². The number of hydrogen-bond donors (Lipinski definition) is 1. The van der Waals surface area contributed by atoms with Gasteiger partial charge in [0.2, 0.25) is 0 Å². The van der Waals surface area contributed by atoms with Gasteiger partial charge < -0.3 is 14.2 Å². The molecule has 104 valence electrons. The van der Waals surface area contributed by atoms with Gasteiger partial charge in [0.25, 0.3) is 5.56 Å². The third-order valence-electron chi connectivity index (χ3n) is 3.05. The normalized spacial score (nSPS) is 10.4. The molecular formula is C14H14N2O4. The van der Waals surface area contributed by atoms with Gasteiger partial charge in [-0.15, -0.1) is 0 Å². The van der Waals surface area contributed by atoms with E-state index in [0.717, 1.165) is 0 Å². The topological polar surface area (TPSA) is 81.3 Å². The molecule has 0 aliphatic carbocycles. The summed E-state index contributed by atoms with van der Waals surface area (Å²) in [6.45, 7) is 2.54. The van der Waals surface area contributed by atoms with E-state index in [0.29, 0.717) is 18.8 Å². The molecule has 2 heterocycles. The summed E-state index contributed by atoms with van der Waals surface area (Å²) in [6, 6.07) is 6.16. The summed E-state index contributed by atoms with van der Waals surface area (Å²) >= 11 is 0. The lowest BCUT2D eigenvalue weighted by molar-refractivity contribution is 0.0694. The lowest BCUT2D eigenvalue weighted by Gasteiger charge is -2.12. The Balaban J connectivity index is 2.28. The number of aromatic nitrogens is 2. The van der Waals surface area contributed by atoms with Gasteiger partial charge in [-0.2, -0.15) is 0 Å². The molecule has 0 saturated carbocycles. The van der Waals surface area contributed by atoms with Crippen LogP contribution in [0.3, 0.4) is 0 Å². The average molecular weight is 274 g/mol. The van der Waals surface area contributed by atoms with Crippen LogP contribution < -0.4 is 11.0 Å². The zero-order chi connectivity index (χ0) is 14.7. The van der Waals surface area contributed by atoms with Crippen molar-refractivity contribution < 1.29 is 9.90 Å². The van der Waals surface area contributed by atoms with Crippen LogP contribution in [0.5, 0.6) is 0 Å². The summed E-state index contributed by atoms with van der Waals surface area (Å²) in [5.74, 6) is -1.25. The Morgan fingerprint density at radius 2 is 1.90 bits per heavy atom. The van der Waals surface area contributed by atoms with Gasteiger partial charge in [0, 0.05) is 43.3 Å². The van der Waals surface area contributed by atoms with Crippen molar-refractivity contribution in [3.8, 4) is 0 Å². The zero-order valence-electron chi connectivity index (χ0n) is 10.9. The minimum Gasteiger partial charge on any atom is -0.477 e. The summed E-state index contributed by atoms with van der Waals surface area (Å²) < 4.78 is 3.18. The predicted molar refractivity (Wildman–Crippen MR) is 73.1 cm³/mol. The maximum Gasteiger partial charge on any atom is 0.341 e. The summed E-state index contributed by atoms with van der Waals surface area (Å²) in [5.41, 5.74) is -0.243. The van der Waals surface area contributed by atoms with Gasteiger partial charge >= 0.3 is 5.97 Å². The summed E-state index contributed by atoms with van der Waals surface area (Å²) in [6.07, 6.45) is 2.98. The van der Waals surface area contributed by atoms with Gasteiger partial charge in [0.1, 0.15) is 5.56 Å². The molecule has 2 aromatic heterocycles. The molecular weight excluding hydrogens is 260 g/mol. The minimum atomic E-state index is -1.25. The molecule has 0 aliphatic rings. The van der Waals surface area contributed by atoms with Crippen molar-refractivity contribution in [2.75, 3.05) is 0 Å². The molecule has 0 aliphatic heterocycles. The monoisotopic (exact) mass is 274 g/mol. The van der Waals surface area contributed by atoms with Crippen LogP contribution in [0.2, 0.25) is 0 Å².